The molecule has 0 amide bonds. The minimum Gasteiger partial charge on any atom is -0.487 e. The summed E-state index contributed by atoms with van der Waals surface area (Å²) < 4.78 is 5.49. The highest BCUT2D eigenvalue weighted by Gasteiger charge is 2.00. The van der Waals surface area contributed by atoms with E-state index in [2.05, 4.69) is 4.98 Å². The first-order valence-electron chi connectivity index (χ1n) is 4.32. The number of aromatic nitrogens is 1. The second-order valence-corrected chi connectivity index (χ2v) is 4.25. The van der Waals surface area contributed by atoms with Gasteiger partial charge < -0.3 is 10.5 Å². The van der Waals surface area contributed by atoms with Gasteiger partial charge in [-0.05, 0) is 18.2 Å². The van der Waals surface area contributed by atoms with Crippen LogP contribution in [0.5, 0.6) is 5.75 Å². The average molecular weight is 241 g/mol. The molecule has 2 rings (SSSR count). The van der Waals surface area contributed by atoms with E-state index in [1.807, 2.05) is 17.5 Å². The van der Waals surface area contributed by atoms with Gasteiger partial charge in [-0.2, -0.15) is 0 Å². The number of thiazole rings is 1. The fourth-order valence-corrected chi connectivity index (χ4v) is 1.83. The van der Waals surface area contributed by atoms with Gasteiger partial charge in [-0.15, -0.1) is 11.3 Å². The number of rotatable bonds is 3. The zero-order chi connectivity index (χ0) is 10.7. The number of hydrogen-bond donors (Lipinski definition) is 1. The maximum Gasteiger partial charge on any atom is 0.180 e. The number of nitrogens with two attached hydrogens (primary N) is 1. The Labute approximate surface area is 96.5 Å². The SMILES string of the molecule is Nc1nc(COc2cccc(Cl)c2)cs1. The first kappa shape index (κ1) is 10.3. The summed E-state index contributed by atoms with van der Waals surface area (Å²) in [5.74, 6) is 0.731. The van der Waals surface area contributed by atoms with Gasteiger partial charge in [-0.25, -0.2) is 4.98 Å². The summed E-state index contributed by atoms with van der Waals surface area (Å²) in [6.45, 7) is 0.411. The highest BCUT2D eigenvalue weighted by molar-refractivity contribution is 7.13. The second-order valence-electron chi connectivity index (χ2n) is 2.92. The highest BCUT2D eigenvalue weighted by atomic mass is 35.5. The van der Waals surface area contributed by atoms with Crippen LogP contribution in [0.3, 0.4) is 0 Å². The number of halogens is 1. The molecule has 1 heterocycles. The normalized spacial score (nSPS) is 10.2. The van der Waals surface area contributed by atoms with Crippen LogP contribution in [0.15, 0.2) is 29.6 Å². The molecule has 0 aliphatic heterocycles. The van der Waals surface area contributed by atoms with Gasteiger partial charge in [0.2, 0.25) is 0 Å². The van der Waals surface area contributed by atoms with Crippen LogP contribution in [0.4, 0.5) is 5.13 Å². The Morgan fingerprint density at radius 1 is 1.47 bits per heavy atom. The second kappa shape index (κ2) is 4.51. The lowest BCUT2D eigenvalue weighted by molar-refractivity contribution is 0.302. The largest absolute Gasteiger partial charge is 0.487 e. The minimum atomic E-state index is 0.411. The smallest absolute Gasteiger partial charge is 0.180 e. The van der Waals surface area contributed by atoms with Crippen LogP contribution in [-0.2, 0) is 6.61 Å². The summed E-state index contributed by atoms with van der Waals surface area (Å²) in [4.78, 5) is 4.09. The molecule has 0 saturated heterocycles. The lowest BCUT2D eigenvalue weighted by Gasteiger charge is -2.03. The van der Waals surface area contributed by atoms with Gasteiger partial charge in [-0.3, -0.25) is 0 Å². The quantitative estimate of drug-likeness (QED) is 0.897. The van der Waals surface area contributed by atoms with Gasteiger partial charge in [0.05, 0.1) is 5.69 Å². The number of ether oxygens (including phenoxy) is 1. The Morgan fingerprint density at radius 2 is 2.33 bits per heavy atom. The molecular weight excluding hydrogens is 232 g/mol. The molecule has 1 aromatic heterocycles. The first-order chi connectivity index (χ1) is 7.24. The van der Waals surface area contributed by atoms with E-state index in [-0.39, 0.29) is 0 Å². The van der Waals surface area contributed by atoms with Crippen molar-refractivity contribution in [3.8, 4) is 5.75 Å². The first-order valence-corrected chi connectivity index (χ1v) is 5.58. The van der Waals surface area contributed by atoms with E-state index in [1.54, 1.807) is 12.1 Å². The molecule has 0 fully saturated rings. The third-order valence-corrected chi connectivity index (χ3v) is 2.71. The van der Waals surface area contributed by atoms with Crippen molar-refractivity contribution in [2.75, 3.05) is 5.73 Å². The zero-order valence-electron chi connectivity index (χ0n) is 7.81. The fraction of sp³-hybridized carbons (Fsp3) is 0.100. The van der Waals surface area contributed by atoms with Crippen molar-refractivity contribution < 1.29 is 4.74 Å². The van der Waals surface area contributed by atoms with Crippen LogP contribution in [0, 0.1) is 0 Å². The molecule has 0 aliphatic carbocycles. The summed E-state index contributed by atoms with van der Waals surface area (Å²) in [6, 6.07) is 7.25. The third kappa shape index (κ3) is 2.84. The van der Waals surface area contributed by atoms with Crippen molar-refractivity contribution >= 4 is 28.1 Å². The molecule has 3 nitrogen and oxygen atoms in total. The molecule has 2 N–H and O–H groups in total. The average Bonchev–Trinajstić information content (AvgIpc) is 2.62. The van der Waals surface area contributed by atoms with E-state index in [4.69, 9.17) is 22.1 Å². The molecule has 0 radical (unpaired) electrons. The van der Waals surface area contributed by atoms with Crippen LogP contribution in [0.25, 0.3) is 0 Å². The van der Waals surface area contributed by atoms with E-state index in [1.165, 1.54) is 11.3 Å². The van der Waals surface area contributed by atoms with Crippen molar-refractivity contribution in [2.45, 2.75) is 6.61 Å². The molecule has 0 unspecified atom stereocenters. The maximum atomic E-state index is 5.82. The van der Waals surface area contributed by atoms with E-state index in [9.17, 15) is 0 Å². The standard InChI is InChI=1S/C10H9ClN2OS/c11-7-2-1-3-9(4-7)14-5-8-6-15-10(12)13-8/h1-4,6H,5H2,(H2,12,13). The van der Waals surface area contributed by atoms with Crippen LogP contribution < -0.4 is 10.5 Å². The molecule has 1 aromatic carbocycles. The summed E-state index contributed by atoms with van der Waals surface area (Å²) in [7, 11) is 0. The number of anilines is 1. The Bertz CT molecular complexity index is 458. The molecule has 0 atom stereocenters. The summed E-state index contributed by atoms with van der Waals surface area (Å²) >= 11 is 7.22. The molecule has 15 heavy (non-hydrogen) atoms. The van der Waals surface area contributed by atoms with Gasteiger partial charge in [-0.1, -0.05) is 17.7 Å². The van der Waals surface area contributed by atoms with Crippen molar-refractivity contribution in [1.82, 2.24) is 4.98 Å². The minimum absolute atomic E-state index is 0.411. The lowest BCUT2D eigenvalue weighted by Crippen LogP contribution is -1.96. The summed E-state index contributed by atoms with van der Waals surface area (Å²) in [5.41, 5.74) is 6.33. The number of nitrogen functional groups attached to an aromatic ring is 1. The molecule has 78 valence electrons. The predicted molar refractivity (Wildman–Crippen MR) is 62.3 cm³/mol. The molecule has 2 aromatic rings. The highest BCUT2D eigenvalue weighted by Crippen LogP contribution is 2.19. The third-order valence-electron chi connectivity index (χ3n) is 1.75. The van der Waals surface area contributed by atoms with Gasteiger partial charge in [0.15, 0.2) is 5.13 Å². The van der Waals surface area contributed by atoms with Crippen LogP contribution in [-0.4, -0.2) is 4.98 Å². The van der Waals surface area contributed by atoms with Crippen molar-refractivity contribution in [1.29, 1.82) is 0 Å². The van der Waals surface area contributed by atoms with Crippen molar-refractivity contribution in [2.24, 2.45) is 0 Å². The molecular formula is C10H9ClN2OS. The van der Waals surface area contributed by atoms with Crippen LogP contribution in [0.2, 0.25) is 5.02 Å². The fourth-order valence-electron chi connectivity index (χ4n) is 1.10. The van der Waals surface area contributed by atoms with Gasteiger partial charge in [0, 0.05) is 10.4 Å². The predicted octanol–water partition coefficient (Wildman–Crippen LogP) is 2.96. The van der Waals surface area contributed by atoms with Gasteiger partial charge in [0.25, 0.3) is 0 Å². The van der Waals surface area contributed by atoms with Crippen LogP contribution >= 0.6 is 22.9 Å². The van der Waals surface area contributed by atoms with E-state index < -0.39 is 0 Å². The summed E-state index contributed by atoms with van der Waals surface area (Å²) in [5, 5.41) is 3.09. The van der Waals surface area contributed by atoms with E-state index in [0.29, 0.717) is 16.8 Å². The maximum absolute atomic E-state index is 5.82. The topological polar surface area (TPSA) is 48.1 Å². The number of benzene rings is 1. The lowest BCUT2D eigenvalue weighted by atomic mass is 10.3. The molecule has 0 bridgehead atoms. The molecule has 0 spiro atoms. The Kier molecular flexibility index (Phi) is 3.08. The Morgan fingerprint density at radius 3 is 3.00 bits per heavy atom. The molecule has 5 heteroatoms. The molecule has 0 saturated carbocycles. The van der Waals surface area contributed by atoms with E-state index >= 15 is 0 Å². The zero-order valence-corrected chi connectivity index (χ0v) is 9.39. The molecule has 0 aliphatic rings. The summed E-state index contributed by atoms with van der Waals surface area (Å²) in [6.07, 6.45) is 0. The number of hydrogen-bond acceptors (Lipinski definition) is 4. The number of nitrogens with zero attached hydrogens (tertiary/aromatic N) is 1. The van der Waals surface area contributed by atoms with Crippen LogP contribution in [0.1, 0.15) is 5.69 Å². The van der Waals surface area contributed by atoms with Gasteiger partial charge >= 0.3 is 0 Å². The Hall–Kier alpha value is -1.26. The Balaban J connectivity index is 1.99. The van der Waals surface area contributed by atoms with Crippen molar-refractivity contribution in [3.63, 3.8) is 0 Å². The monoisotopic (exact) mass is 240 g/mol. The van der Waals surface area contributed by atoms with E-state index in [0.717, 1.165) is 11.4 Å². The van der Waals surface area contributed by atoms with Crippen molar-refractivity contribution in [3.05, 3.63) is 40.4 Å². The van der Waals surface area contributed by atoms with Gasteiger partial charge in [0.1, 0.15) is 12.4 Å².